The minimum absolute atomic E-state index is 0.0376. The normalized spacial score (nSPS) is 17.0. The maximum Gasteiger partial charge on any atom is 0.416 e. The van der Waals surface area contributed by atoms with Gasteiger partial charge in [-0.3, -0.25) is 4.90 Å². The van der Waals surface area contributed by atoms with Crippen LogP contribution in [0.1, 0.15) is 29.7 Å². The summed E-state index contributed by atoms with van der Waals surface area (Å²) in [7, 11) is -0.170. The molecule has 2 amide bonds. The van der Waals surface area contributed by atoms with Gasteiger partial charge in [0.25, 0.3) is 0 Å². The molecule has 0 saturated carbocycles. The van der Waals surface area contributed by atoms with Gasteiger partial charge in [0.05, 0.1) is 45.5 Å². The van der Waals surface area contributed by atoms with Crippen LogP contribution in [0.3, 0.4) is 0 Å². The van der Waals surface area contributed by atoms with Gasteiger partial charge in [-0.25, -0.2) is 17.5 Å². The number of benzene rings is 2. The van der Waals surface area contributed by atoms with E-state index in [1.54, 1.807) is 0 Å². The molecule has 0 aliphatic carbocycles. The molecule has 0 aromatic heterocycles. The van der Waals surface area contributed by atoms with Crippen LogP contribution in [0.15, 0.2) is 58.6 Å². The number of urea groups is 1. The Balaban J connectivity index is 2.28. The van der Waals surface area contributed by atoms with Crippen molar-refractivity contribution in [2.24, 2.45) is 0 Å². The number of carbonyl (C=O) groups is 1. The largest absolute Gasteiger partial charge is 0.416 e. The number of halogens is 3. The quantitative estimate of drug-likeness (QED) is 0.620. The first-order chi connectivity index (χ1) is 16.2. The molecule has 2 aromatic carbocycles. The number of hydrogen-bond donors (Lipinski definition) is 0. The zero-order valence-corrected chi connectivity index (χ0v) is 19.9. The van der Waals surface area contributed by atoms with Gasteiger partial charge in [0, 0.05) is 32.4 Å². The van der Waals surface area contributed by atoms with Crippen LogP contribution in [0.25, 0.3) is 0 Å². The topological polar surface area (TPSA) is 109 Å². The molecule has 8 nitrogen and oxygen atoms in total. The van der Waals surface area contributed by atoms with Crippen molar-refractivity contribution in [1.29, 1.82) is 10.5 Å². The van der Waals surface area contributed by atoms with Crippen molar-refractivity contribution < 1.29 is 26.4 Å². The van der Waals surface area contributed by atoms with E-state index in [4.69, 9.17) is 0 Å². The summed E-state index contributed by atoms with van der Waals surface area (Å²) < 4.78 is 66.8. The number of likely N-dealkylation sites (N-methyl/N-ethyl adjacent to an activating group) is 1. The van der Waals surface area contributed by atoms with Gasteiger partial charge < -0.3 is 4.90 Å². The number of hydrogen-bond acceptors (Lipinski definition) is 5. The molecular weight excluding hydrogens is 483 g/mol. The van der Waals surface area contributed by atoms with Crippen LogP contribution in [-0.2, 0) is 16.2 Å². The Bertz CT molecular complexity index is 1420. The van der Waals surface area contributed by atoms with Crippen molar-refractivity contribution in [3.8, 4) is 12.1 Å². The third kappa shape index (κ3) is 4.46. The van der Waals surface area contributed by atoms with E-state index in [1.165, 1.54) is 46.3 Å². The average molecular weight is 504 g/mol. The van der Waals surface area contributed by atoms with Crippen LogP contribution in [-0.4, -0.2) is 44.8 Å². The zero-order chi connectivity index (χ0) is 26.3. The van der Waals surface area contributed by atoms with E-state index < -0.39 is 33.8 Å². The minimum Gasteiger partial charge on any atom is -0.315 e. The number of amides is 2. The van der Waals surface area contributed by atoms with Gasteiger partial charge in [-0.05, 0) is 37.3 Å². The van der Waals surface area contributed by atoms with Crippen LogP contribution in [0.4, 0.5) is 23.7 Å². The summed E-state index contributed by atoms with van der Waals surface area (Å²) in [6.07, 6.45) is -4.64. The highest BCUT2D eigenvalue weighted by molar-refractivity contribution is 7.89. The van der Waals surface area contributed by atoms with E-state index in [9.17, 15) is 36.9 Å². The lowest BCUT2D eigenvalue weighted by Crippen LogP contribution is -2.48. The third-order valence-corrected chi connectivity index (χ3v) is 7.50. The fourth-order valence-electron chi connectivity index (χ4n) is 3.81. The van der Waals surface area contributed by atoms with Gasteiger partial charge in [-0.15, -0.1) is 0 Å². The Morgan fingerprint density at radius 1 is 1.06 bits per heavy atom. The molecule has 0 radical (unpaired) electrons. The van der Waals surface area contributed by atoms with Crippen molar-refractivity contribution in [1.82, 2.24) is 9.21 Å². The van der Waals surface area contributed by atoms with Gasteiger partial charge in [0.1, 0.15) is 0 Å². The molecule has 0 N–H and O–H groups in total. The van der Waals surface area contributed by atoms with Gasteiger partial charge in [0.2, 0.25) is 10.0 Å². The Hall–Kier alpha value is -3.87. The molecule has 0 spiro atoms. The Kier molecular flexibility index (Phi) is 6.66. The number of rotatable bonds is 4. The molecular formula is C23H20F3N5O3S. The lowest BCUT2D eigenvalue weighted by molar-refractivity contribution is -0.137. The molecule has 1 heterocycles. The second kappa shape index (κ2) is 9.06. The van der Waals surface area contributed by atoms with Crippen LogP contribution >= 0.6 is 0 Å². The fraction of sp³-hybridized carbons (Fsp3) is 0.261. The number of allylic oxidation sites excluding steroid dienone is 1. The summed E-state index contributed by atoms with van der Waals surface area (Å²) in [6.45, 7) is 1.40. The standard InChI is InChI=1S/C23H20F3N5O3S/c1-14-19(13-28)21(18-9-8-15(12-27)10-20(18)35(33,34)29(2)3)30(4)22(32)31(14)17-7-5-6-16(11-17)23(24,25)26/h5-11,21H,1-4H3. The van der Waals surface area contributed by atoms with Crippen LogP contribution in [0, 0.1) is 22.7 Å². The van der Waals surface area contributed by atoms with E-state index >= 15 is 0 Å². The summed E-state index contributed by atoms with van der Waals surface area (Å²) in [5.41, 5.74) is -0.912. The zero-order valence-electron chi connectivity index (χ0n) is 19.1. The van der Waals surface area contributed by atoms with Crippen molar-refractivity contribution >= 4 is 21.7 Å². The lowest BCUT2D eigenvalue weighted by atomic mass is 9.93. The molecule has 182 valence electrons. The number of nitriles is 2. The highest BCUT2D eigenvalue weighted by atomic mass is 32.2. The van der Waals surface area contributed by atoms with E-state index in [0.717, 1.165) is 38.4 Å². The van der Waals surface area contributed by atoms with E-state index in [0.29, 0.717) is 0 Å². The molecule has 0 saturated heterocycles. The van der Waals surface area contributed by atoms with Crippen LogP contribution in [0.2, 0.25) is 0 Å². The number of alkyl halides is 3. The van der Waals surface area contributed by atoms with E-state index in [1.807, 2.05) is 12.1 Å². The Morgan fingerprint density at radius 3 is 2.26 bits per heavy atom. The second-order valence-electron chi connectivity index (χ2n) is 7.94. The van der Waals surface area contributed by atoms with Crippen LogP contribution < -0.4 is 4.90 Å². The van der Waals surface area contributed by atoms with Crippen molar-refractivity contribution in [2.75, 3.05) is 26.0 Å². The highest BCUT2D eigenvalue weighted by Gasteiger charge is 2.41. The molecule has 0 fully saturated rings. The molecule has 1 unspecified atom stereocenters. The first kappa shape index (κ1) is 25.7. The average Bonchev–Trinajstić information content (AvgIpc) is 2.80. The SMILES string of the molecule is CC1=C(C#N)C(c2ccc(C#N)cc2S(=O)(=O)N(C)C)N(C)C(=O)N1c1cccc(C(F)(F)F)c1. The van der Waals surface area contributed by atoms with E-state index in [2.05, 4.69) is 0 Å². The highest BCUT2D eigenvalue weighted by Crippen LogP contribution is 2.41. The Labute approximate surface area is 200 Å². The number of anilines is 1. The number of nitrogens with zero attached hydrogens (tertiary/aromatic N) is 5. The van der Waals surface area contributed by atoms with E-state index in [-0.39, 0.29) is 33.0 Å². The lowest BCUT2D eigenvalue weighted by Gasteiger charge is -2.40. The molecule has 1 atom stereocenters. The van der Waals surface area contributed by atoms with Crippen molar-refractivity contribution in [3.05, 3.63) is 70.4 Å². The second-order valence-corrected chi connectivity index (χ2v) is 10.1. The maximum absolute atomic E-state index is 13.4. The first-order valence-corrected chi connectivity index (χ1v) is 11.5. The Morgan fingerprint density at radius 2 is 1.71 bits per heavy atom. The van der Waals surface area contributed by atoms with Gasteiger partial charge in [0.15, 0.2) is 0 Å². The smallest absolute Gasteiger partial charge is 0.315 e. The molecule has 35 heavy (non-hydrogen) atoms. The fourth-order valence-corrected chi connectivity index (χ4v) is 4.95. The third-order valence-electron chi connectivity index (χ3n) is 5.63. The predicted octanol–water partition coefficient (Wildman–Crippen LogP) is 4.24. The monoisotopic (exact) mass is 503 g/mol. The van der Waals surface area contributed by atoms with Gasteiger partial charge in [-0.2, -0.15) is 23.7 Å². The molecule has 1 aliphatic heterocycles. The first-order valence-electron chi connectivity index (χ1n) is 10.1. The maximum atomic E-state index is 13.4. The van der Waals surface area contributed by atoms with Gasteiger partial charge in [-0.1, -0.05) is 12.1 Å². The van der Waals surface area contributed by atoms with Gasteiger partial charge >= 0.3 is 12.2 Å². The van der Waals surface area contributed by atoms with Crippen LogP contribution in [0.5, 0.6) is 0 Å². The molecule has 12 heteroatoms. The van der Waals surface area contributed by atoms with Crippen molar-refractivity contribution in [3.63, 3.8) is 0 Å². The van der Waals surface area contributed by atoms with Crippen molar-refractivity contribution in [2.45, 2.75) is 24.0 Å². The summed E-state index contributed by atoms with van der Waals surface area (Å²) in [5.74, 6) is 0. The predicted molar refractivity (Wildman–Crippen MR) is 120 cm³/mol. The summed E-state index contributed by atoms with van der Waals surface area (Å²) in [6, 6.07) is 9.94. The molecule has 0 bridgehead atoms. The summed E-state index contributed by atoms with van der Waals surface area (Å²) in [5, 5.41) is 19.3. The molecule has 1 aliphatic rings. The summed E-state index contributed by atoms with van der Waals surface area (Å²) in [4.78, 5) is 15.2. The summed E-state index contributed by atoms with van der Waals surface area (Å²) >= 11 is 0. The number of sulfonamides is 1. The minimum atomic E-state index is -4.64. The number of carbonyl (C=O) groups excluding carboxylic acids is 1. The molecule has 2 aromatic rings. The molecule has 3 rings (SSSR count).